The number of ether oxygens (including phenoxy) is 4. The van der Waals surface area contributed by atoms with Crippen LogP contribution in [0.1, 0.15) is 36.7 Å². The molecule has 1 aliphatic rings. The van der Waals surface area contributed by atoms with Crippen molar-refractivity contribution in [3.8, 4) is 17.2 Å². The third kappa shape index (κ3) is 5.17. The molecule has 0 unspecified atom stereocenters. The van der Waals surface area contributed by atoms with Crippen LogP contribution in [0.3, 0.4) is 0 Å². The number of hydrogen-bond acceptors (Lipinski definition) is 8. The molecule has 2 aromatic carbocycles. The SMILES string of the molecule is CCOC(=O)c1c(NC(C)=O)sc2c(O[C@H](C)C(=O)Nc3ccc4c(c3)OCCO4)c(C)ccc12. The molecule has 10 heteroatoms. The highest BCUT2D eigenvalue weighted by Crippen LogP contribution is 2.43. The van der Waals surface area contributed by atoms with Gasteiger partial charge in [0.15, 0.2) is 17.6 Å². The fourth-order valence-corrected chi connectivity index (χ4v) is 4.91. The van der Waals surface area contributed by atoms with E-state index in [1.165, 1.54) is 18.3 Å². The molecule has 2 heterocycles. The smallest absolute Gasteiger partial charge is 0.341 e. The predicted molar refractivity (Wildman–Crippen MR) is 133 cm³/mol. The van der Waals surface area contributed by atoms with Crippen LogP contribution >= 0.6 is 11.3 Å². The number of fused-ring (bicyclic) bond motifs is 2. The maximum Gasteiger partial charge on any atom is 0.341 e. The Kier molecular flexibility index (Phi) is 7.11. The average molecular weight is 499 g/mol. The molecule has 0 bridgehead atoms. The summed E-state index contributed by atoms with van der Waals surface area (Å²) in [5, 5.41) is 6.49. The number of hydrogen-bond donors (Lipinski definition) is 2. The first-order valence-electron chi connectivity index (χ1n) is 11.2. The van der Waals surface area contributed by atoms with Crippen molar-refractivity contribution in [3.05, 3.63) is 41.5 Å². The monoisotopic (exact) mass is 498 g/mol. The van der Waals surface area contributed by atoms with Gasteiger partial charge in [-0.25, -0.2) is 4.79 Å². The highest BCUT2D eigenvalue weighted by Gasteiger charge is 2.26. The molecule has 35 heavy (non-hydrogen) atoms. The van der Waals surface area contributed by atoms with E-state index in [1.807, 2.05) is 6.92 Å². The van der Waals surface area contributed by atoms with Gasteiger partial charge < -0.3 is 29.6 Å². The van der Waals surface area contributed by atoms with Crippen molar-refractivity contribution in [2.75, 3.05) is 30.5 Å². The highest BCUT2D eigenvalue weighted by atomic mass is 32.1. The third-order valence-corrected chi connectivity index (χ3v) is 6.37. The van der Waals surface area contributed by atoms with E-state index in [-0.39, 0.29) is 24.0 Å². The molecule has 9 nitrogen and oxygen atoms in total. The summed E-state index contributed by atoms with van der Waals surface area (Å²) < 4.78 is 23.0. The van der Waals surface area contributed by atoms with Crippen LogP contribution in [0.5, 0.6) is 17.2 Å². The van der Waals surface area contributed by atoms with E-state index in [1.54, 1.807) is 44.2 Å². The van der Waals surface area contributed by atoms with Crippen molar-refractivity contribution in [1.82, 2.24) is 0 Å². The van der Waals surface area contributed by atoms with E-state index in [0.29, 0.717) is 51.2 Å². The van der Waals surface area contributed by atoms with Crippen molar-refractivity contribution in [3.63, 3.8) is 0 Å². The summed E-state index contributed by atoms with van der Waals surface area (Å²) >= 11 is 1.20. The summed E-state index contributed by atoms with van der Waals surface area (Å²) in [6, 6.07) is 8.76. The van der Waals surface area contributed by atoms with Gasteiger partial charge in [-0.3, -0.25) is 9.59 Å². The van der Waals surface area contributed by atoms with Crippen molar-refractivity contribution in [2.24, 2.45) is 0 Å². The Labute approximate surface area is 206 Å². The summed E-state index contributed by atoms with van der Waals surface area (Å²) in [4.78, 5) is 37.3. The van der Waals surface area contributed by atoms with Crippen LogP contribution in [0.25, 0.3) is 10.1 Å². The molecule has 0 saturated carbocycles. The molecule has 1 atom stereocenters. The number of nitrogens with one attached hydrogen (secondary N) is 2. The third-order valence-electron chi connectivity index (χ3n) is 5.25. The summed E-state index contributed by atoms with van der Waals surface area (Å²) in [6.45, 7) is 7.70. The summed E-state index contributed by atoms with van der Waals surface area (Å²) in [5.74, 6) is 0.446. The molecule has 2 amide bonds. The number of anilines is 2. The second kappa shape index (κ2) is 10.2. The van der Waals surface area contributed by atoms with Gasteiger partial charge in [-0.1, -0.05) is 12.1 Å². The first-order chi connectivity index (χ1) is 16.8. The molecule has 4 rings (SSSR count). The minimum Gasteiger partial charge on any atom is -0.486 e. The molecule has 1 aromatic heterocycles. The Balaban J connectivity index is 1.61. The Morgan fingerprint density at radius 1 is 1.09 bits per heavy atom. The van der Waals surface area contributed by atoms with Gasteiger partial charge in [0.25, 0.3) is 5.91 Å². The van der Waals surface area contributed by atoms with Crippen LogP contribution in [0.2, 0.25) is 0 Å². The van der Waals surface area contributed by atoms with Crippen molar-refractivity contribution < 1.29 is 33.3 Å². The fourth-order valence-electron chi connectivity index (χ4n) is 3.63. The van der Waals surface area contributed by atoms with Gasteiger partial charge in [-0.2, -0.15) is 0 Å². The van der Waals surface area contributed by atoms with Gasteiger partial charge in [-0.15, -0.1) is 11.3 Å². The molecule has 0 spiro atoms. The highest BCUT2D eigenvalue weighted by molar-refractivity contribution is 7.24. The minimum absolute atomic E-state index is 0.196. The normalized spacial score (nSPS) is 13.1. The number of carbonyl (C=O) groups excluding carboxylic acids is 3. The van der Waals surface area contributed by atoms with Crippen LogP contribution < -0.4 is 24.8 Å². The maximum absolute atomic E-state index is 12.9. The van der Waals surface area contributed by atoms with E-state index in [4.69, 9.17) is 18.9 Å². The molecular formula is C25H26N2O7S. The van der Waals surface area contributed by atoms with E-state index in [2.05, 4.69) is 10.6 Å². The zero-order valence-electron chi connectivity index (χ0n) is 19.9. The fraction of sp³-hybridized carbons (Fsp3) is 0.320. The van der Waals surface area contributed by atoms with E-state index < -0.39 is 12.1 Å². The quantitative estimate of drug-likeness (QED) is 0.461. The lowest BCUT2D eigenvalue weighted by Gasteiger charge is -2.20. The van der Waals surface area contributed by atoms with Gasteiger partial charge in [0, 0.05) is 24.1 Å². The first-order valence-corrected chi connectivity index (χ1v) is 12.0. The first kappa shape index (κ1) is 24.3. The van der Waals surface area contributed by atoms with E-state index in [9.17, 15) is 14.4 Å². The lowest BCUT2D eigenvalue weighted by Crippen LogP contribution is -2.30. The minimum atomic E-state index is -0.857. The molecule has 0 radical (unpaired) electrons. The topological polar surface area (TPSA) is 112 Å². The Morgan fingerprint density at radius 3 is 2.54 bits per heavy atom. The van der Waals surface area contributed by atoms with Gasteiger partial charge in [0.1, 0.15) is 29.5 Å². The number of carbonyl (C=O) groups is 3. The van der Waals surface area contributed by atoms with Crippen LogP contribution in [0.15, 0.2) is 30.3 Å². The molecule has 2 N–H and O–H groups in total. The Hall–Kier alpha value is -3.79. The molecule has 1 aliphatic heterocycles. The van der Waals surface area contributed by atoms with Gasteiger partial charge in [-0.05, 0) is 38.5 Å². The van der Waals surface area contributed by atoms with Crippen LogP contribution in [0, 0.1) is 6.92 Å². The number of thiophene rings is 1. The number of aryl methyl sites for hydroxylation is 1. The molecule has 0 saturated heterocycles. The van der Waals surface area contributed by atoms with Crippen molar-refractivity contribution >= 4 is 49.9 Å². The molecule has 3 aromatic rings. The summed E-state index contributed by atoms with van der Waals surface area (Å²) in [7, 11) is 0. The lowest BCUT2D eigenvalue weighted by molar-refractivity contribution is -0.122. The van der Waals surface area contributed by atoms with Crippen LogP contribution in [0.4, 0.5) is 10.7 Å². The standard InChI is InChI=1S/C25H26N2O7S/c1-5-31-25(30)20-17-8-6-13(2)21(22(17)35-24(20)26-15(4)28)34-14(3)23(29)27-16-7-9-18-19(12-16)33-11-10-32-18/h6-9,12,14H,5,10-11H2,1-4H3,(H,26,28)(H,27,29)/t14-/m1/s1. The molecule has 0 aliphatic carbocycles. The Bertz CT molecular complexity index is 1300. The van der Waals surface area contributed by atoms with Crippen molar-refractivity contribution in [2.45, 2.75) is 33.8 Å². The largest absolute Gasteiger partial charge is 0.486 e. The van der Waals surface area contributed by atoms with Crippen LogP contribution in [-0.2, 0) is 14.3 Å². The zero-order chi connectivity index (χ0) is 25.1. The molecule has 184 valence electrons. The van der Waals surface area contributed by atoms with Crippen LogP contribution in [-0.4, -0.2) is 43.7 Å². The predicted octanol–water partition coefficient (Wildman–Crippen LogP) is 4.52. The van der Waals surface area contributed by atoms with E-state index >= 15 is 0 Å². The Morgan fingerprint density at radius 2 is 1.83 bits per heavy atom. The number of esters is 1. The molecular weight excluding hydrogens is 472 g/mol. The maximum atomic E-state index is 12.9. The number of rotatable bonds is 7. The van der Waals surface area contributed by atoms with Gasteiger partial charge in [0.05, 0.1) is 11.3 Å². The number of amides is 2. The second-order valence-electron chi connectivity index (χ2n) is 7.90. The zero-order valence-corrected chi connectivity index (χ0v) is 20.7. The lowest BCUT2D eigenvalue weighted by atomic mass is 10.1. The van der Waals surface area contributed by atoms with Gasteiger partial charge in [0.2, 0.25) is 5.91 Å². The number of benzene rings is 2. The molecule has 0 fully saturated rings. The van der Waals surface area contributed by atoms with Gasteiger partial charge >= 0.3 is 5.97 Å². The average Bonchev–Trinajstić information content (AvgIpc) is 3.18. The summed E-state index contributed by atoms with van der Waals surface area (Å²) in [5.41, 5.74) is 1.60. The van der Waals surface area contributed by atoms with Crippen molar-refractivity contribution in [1.29, 1.82) is 0 Å². The van der Waals surface area contributed by atoms with E-state index in [0.717, 1.165) is 5.56 Å². The summed E-state index contributed by atoms with van der Waals surface area (Å²) in [6.07, 6.45) is -0.857. The second-order valence-corrected chi connectivity index (χ2v) is 8.92.